The summed E-state index contributed by atoms with van der Waals surface area (Å²) in [5.41, 5.74) is 3.90. The van der Waals surface area contributed by atoms with E-state index in [9.17, 15) is 4.79 Å². The zero-order chi connectivity index (χ0) is 13.2. The van der Waals surface area contributed by atoms with Crippen LogP contribution >= 0.6 is 22.6 Å². The van der Waals surface area contributed by atoms with Crippen molar-refractivity contribution < 1.29 is 4.79 Å². The Balaban J connectivity index is 1.81. The highest BCUT2D eigenvalue weighted by molar-refractivity contribution is 14.1. The van der Waals surface area contributed by atoms with Crippen molar-refractivity contribution in [1.82, 2.24) is 0 Å². The lowest BCUT2D eigenvalue weighted by molar-refractivity contribution is 0.102. The minimum absolute atomic E-state index is 0.0586. The van der Waals surface area contributed by atoms with Gasteiger partial charge in [0.05, 0.1) is 0 Å². The van der Waals surface area contributed by atoms with Crippen LogP contribution in [0.25, 0.3) is 0 Å². The molecule has 2 N–H and O–H groups in total. The van der Waals surface area contributed by atoms with Gasteiger partial charge in [-0.05, 0) is 71.0 Å². The Morgan fingerprint density at radius 2 is 2.11 bits per heavy atom. The van der Waals surface area contributed by atoms with Gasteiger partial charge in [-0.3, -0.25) is 4.79 Å². The summed E-state index contributed by atoms with van der Waals surface area (Å²) in [7, 11) is 0. The van der Waals surface area contributed by atoms with Crippen LogP contribution in [0, 0.1) is 3.57 Å². The number of rotatable bonds is 2. The van der Waals surface area contributed by atoms with Gasteiger partial charge in [-0.15, -0.1) is 0 Å². The maximum atomic E-state index is 12.2. The molecule has 0 bridgehead atoms. The van der Waals surface area contributed by atoms with Crippen molar-refractivity contribution in [3.63, 3.8) is 0 Å². The third-order valence-electron chi connectivity index (χ3n) is 3.16. The van der Waals surface area contributed by atoms with Crippen molar-refractivity contribution >= 4 is 39.9 Å². The second-order valence-corrected chi connectivity index (χ2v) is 5.76. The number of hydrogen-bond donors (Lipinski definition) is 2. The first-order valence-corrected chi connectivity index (χ1v) is 7.24. The Kier molecular flexibility index (Phi) is 3.42. The van der Waals surface area contributed by atoms with Crippen LogP contribution in [-0.4, -0.2) is 12.5 Å². The van der Waals surface area contributed by atoms with E-state index in [1.807, 2.05) is 42.5 Å². The topological polar surface area (TPSA) is 41.1 Å². The van der Waals surface area contributed by atoms with Gasteiger partial charge in [-0.25, -0.2) is 0 Å². The molecule has 2 aromatic carbocycles. The molecule has 0 saturated heterocycles. The first kappa shape index (κ1) is 12.5. The van der Waals surface area contributed by atoms with Gasteiger partial charge in [0, 0.05) is 27.1 Å². The van der Waals surface area contributed by atoms with Crippen LogP contribution in [0.1, 0.15) is 15.9 Å². The minimum atomic E-state index is -0.0586. The molecule has 19 heavy (non-hydrogen) atoms. The number of amides is 1. The summed E-state index contributed by atoms with van der Waals surface area (Å²) >= 11 is 2.23. The summed E-state index contributed by atoms with van der Waals surface area (Å²) in [5.74, 6) is -0.0586. The molecule has 4 heteroatoms. The standard InChI is InChI=1S/C15H13IN2O/c16-12-2-1-3-13(9-12)18-15(19)11-4-5-14-10(8-11)6-7-17-14/h1-5,8-9,17H,6-7H2,(H,18,19). The van der Waals surface area contributed by atoms with E-state index in [1.165, 1.54) is 5.56 Å². The molecule has 1 aliphatic rings. The summed E-state index contributed by atoms with van der Waals surface area (Å²) in [6.07, 6.45) is 0.986. The molecular formula is C15H13IN2O. The fraction of sp³-hybridized carbons (Fsp3) is 0.133. The second-order valence-electron chi connectivity index (χ2n) is 4.51. The van der Waals surface area contributed by atoms with E-state index in [1.54, 1.807) is 0 Å². The third-order valence-corrected chi connectivity index (χ3v) is 3.83. The van der Waals surface area contributed by atoms with E-state index in [4.69, 9.17) is 0 Å². The highest BCUT2D eigenvalue weighted by atomic mass is 127. The van der Waals surface area contributed by atoms with Crippen molar-refractivity contribution in [2.45, 2.75) is 6.42 Å². The van der Waals surface area contributed by atoms with E-state index >= 15 is 0 Å². The molecule has 0 saturated carbocycles. The Labute approximate surface area is 125 Å². The molecule has 3 nitrogen and oxygen atoms in total. The summed E-state index contributed by atoms with van der Waals surface area (Å²) < 4.78 is 1.11. The first-order valence-electron chi connectivity index (χ1n) is 6.16. The maximum Gasteiger partial charge on any atom is 0.255 e. The van der Waals surface area contributed by atoms with Crippen LogP contribution in [0.4, 0.5) is 11.4 Å². The first-order chi connectivity index (χ1) is 9.22. The van der Waals surface area contributed by atoms with Crippen molar-refractivity contribution in [3.8, 4) is 0 Å². The van der Waals surface area contributed by atoms with Crippen LogP contribution in [0.15, 0.2) is 42.5 Å². The lowest BCUT2D eigenvalue weighted by atomic mass is 10.1. The molecule has 0 spiro atoms. The van der Waals surface area contributed by atoms with Gasteiger partial charge < -0.3 is 10.6 Å². The van der Waals surface area contributed by atoms with E-state index in [0.29, 0.717) is 5.56 Å². The van der Waals surface area contributed by atoms with Gasteiger partial charge in [0.25, 0.3) is 5.91 Å². The van der Waals surface area contributed by atoms with Crippen LogP contribution in [0.2, 0.25) is 0 Å². The number of nitrogens with one attached hydrogen (secondary N) is 2. The molecule has 2 aromatic rings. The van der Waals surface area contributed by atoms with E-state index < -0.39 is 0 Å². The quantitative estimate of drug-likeness (QED) is 0.801. The van der Waals surface area contributed by atoms with Gasteiger partial charge >= 0.3 is 0 Å². The average molecular weight is 364 g/mol. The molecule has 1 heterocycles. The van der Waals surface area contributed by atoms with Crippen molar-refractivity contribution in [2.75, 3.05) is 17.2 Å². The number of anilines is 2. The average Bonchev–Trinajstić information content (AvgIpc) is 2.85. The number of hydrogen-bond acceptors (Lipinski definition) is 2. The van der Waals surface area contributed by atoms with Crippen LogP contribution in [-0.2, 0) is 6.42 Å². The predicted octanol–water partition coefficient (Wildman–Crippen LogP) is 3.51. The lowest BCUT2D eigenvalue weighted by Crippen LogP contribution is -2.12. The van der Waals surface area contributed by atoms with Gasteiger partial charge in [-0.2, -0.15) is 0 Å². The molecule has 1 aliphatic heterocycles. The molecule has 96 valence electrons. The smallest absolute Gasteiger partial charge is 0.255 e. The predicted molar refractivity (Wildman–Crippen MR) is 85.7 cm³/mol. The molecule has 1 amide bonds. The molecule has 0 radical (unpaired) electrons. The Hall–Kier alpha value is -1.56. The van der Waals surface area contributed by atoms with Gasteiger partial charge in [0.2, 0.25) is 0 Å². The molecule has 0 aliphatic carbocycles. The van der Waals surface area contributed by atoms with Gasteiger partial charge in [0.1, 0.15) is 0 Å². The normalized spacial score (nSPS) is 12.7. The summed E-state index contributed by atoms with van der Waals surface area (Å²) in [6.45, 7) is 0.956. The van der Waals surface area contributed by atoms with Crippen LogP contribution < -0.4 is 10.6 Å². The molecule has 0 aromatic heterocycles. The van der Waals surface area contributed by atoms with Crippen molar-refractivity contribution in [3.05, 3.63) is 57.2 Å². The van der Waals surface area contributed by atoms with Crippen LogP contribution in [0.3, 0.4) is 0 Å². The number of carbonyl (C=O) groups excluding carboxylic acids is 1. The number of carbonyl (C=O) groups is 1. The monoisotopic (exact) mass is 364 g/mol. The van der Waals surface area contributed by atoms with Crippen LogP contribution in [0.5, 0.6) is 0 Å². The summed E-state index contributed by atoms with van der Waals surface area (Å²) in [5, 5.41) is 6.22. The maximum absolute atomic E-state index is 12.2. The van der Waals surface area contributed by atoms with Gasteiger partial charge in [0.15, 0.2) is 0 Å². The SMILES string of the molecule is O=C(Nc1cccc(I)c1)c1ccc2c(c1)CCN2. The highest BCUT2D eigenvalue weighted by Gasteiger charge is 2.13. The fourth-order valence-corrected chi connectivity index (χ4v) is 2.76. The van der Waals surface area contributed by atoms with Crippen molar-refractivity contribution in [1.29, 1.82) is 0 Å². The minimum Gasteiger partial charge on any atom is -0.384 e. The zero-order valence-corrected chi connectivity index (χ0v) is 12.4. The number of fused-ring (bicyclic) bond motifs is 1. The highest BCUT2D eigenvalue weighted by Crippen LogP contribution is 2.23. The fourth-order valence-electron chi connectivity index (χ4n) is 2.22. The zero-order valence-electron chi connectivity index (χ0n) is 10.2. The molecule has 3 rings (SSSR count). The van der Waals surface area contributed by atoms with Gasteiger partial charge in [-0.1, -0.05) is 6.07 Å². The van der Waals surface area contributed by atoms with E-state index in [2.05, 4.69) is 33.2 Å². The number of halogens is 1. The van der Waals surface area contributed by atoms with E-state index in [-0.39, 0.29) is 5.91 Å². The second kappa shape index (κ2) is 5.21. The number of benzene rings is 2. The largest absolute Gasteiger partial charge is 0.384 e. The summed E-state index contributed by atoms with van der Waals surface area (Å²) in [4.78, 5) is 12.2. The Morgan fingerprint density at radius 1 is 1.21 bits per heavy atom. The lowest BCUT2D eigenvalue weighted by Gasteiger charge is -2.07. The Morgan fingerprint density at radius 3 is 2.95 bits per heavy atom. The van der Waals surface area contributed by atoms with Crippen molar-refractivity contribution in [2.24, 2.45) is 0 Å². The molecule has 0 fully saturated rings. The van der Waals surface area contributed by atoms with E-state index in [0.717, 1.165) is 27.9 Å². The Bertz CT molecular complexity index is 640. The summed E-state index contributed by atoms with van der Waals surface area (Å²) in [6, 6.07) is 13.6. The molecule has 0 unspecified atom stereocenters. The molecular weight excluding hydrogens is 351 g/mol. The molecule has 0 atom stereocenters. The third kappa shape index (κ3) is 2.73.